The molecule has 4 heteroatoms. The fourth-order valence-electron chi connectivity index (χ4n) is 2.85. The first kappa shape index (κ1) is 12.6. The molecule has 102 valence electrons. The van der Waals surface area contributed by atoms with Gasteiger partial charge >= 0.3 is 0 Å². The van der Waals surface area contributed by atoms with E-state index in [1.165, 1.54) is 6.07 Å². The van der Waals surface area contributed by atoms with Crippen LogP contribution in [0, 0.1) is 17.2 Å². The van der Waals surface area contributed by atoms with Gasteiger partial charge in [-0.15, -0.1) is 0 Å². The van der Waals surface area contributed by atoms with Gasteiger partial charge in [0.2, 0.25) is 5.91 Å². The number of nitrogens with zero attached hydrogens (tertiary/aromatic N) is 1. The third-order valence-electron chi connectivity index (χ3n) is 4.38. The molecule has 2 saturated carbocycles. The van der Waals surface area contributed by atoms with Gasteiger partial charge in [-0.2, -0.15) is 0 Å². The summed E-state index contributed by atoms with van der Waals surface area (Å²) in [6.07, 6.45) is 3.27. The standard InChI is InChI=1S/C15H18FNO2/c16-13-4-2-1-3-11(13)10-17(7-8-18)14(19)12-9-15(12)5-6-15/h1-4,12,18H,5-10H2/t12-/m1/s1. The highest BCUT2D eigenvalue weighted by Crippen LogP contribution is 2.70. The predicted octanol–water partition coefficient (Wildman–Crippen LogP) is 1.95. The van der Waals surface area contributed by atoms with Crippen LogP contribution < -0.4 is 0 Å². The van der Waals surface area contributed by atoms with Crippen LogP contribution in [0.3, 0.4) is 0 Å². The zero-order chi connectivity index (χ0) is 13.5. The molecule has 1 amide bonds. The SMILES string of the molecule is O=C([C@H]1CC12CC2)N(CCO)Cc1ccccc1F. The molecule has 2 aliphatic carbocycles. The number of rotatable bonds is 5. The van der Waals surface area contributed by atoms with E-state index in [-0.39, 0.29) is 37.3 Å². The molecular weight excluding hydrogens is 245 g/mol. The third kappa shape index (κ3) is 2.37. The van der Waals surface area contributed by atoms with Crippen LogP contribution in [0.25, 0.3) is 0 Å². The van der Waals surface area contributed by atoms with Gasteiger partial charge < -0.3 is 10.0 Å². The molecule has 0 heterocycles. The zero-order valence-corrected chi connectivity index (χ0v) is 10.8. The van der Waals surface area contributed by atoms with Crippen LogP contribution in [0.15, 0.2) is 24.3 Å². The van der Waals surface area contributed by atoms with Crippen LogP contribution in [0.4, 0.5) is 4.39 Å². The van der Waals surface area contributed by atoms with Crippen molar-refractivity contribution in [2.45, 2.75) is 25.8 Å². The maximum atomic E-state index is 13.6. The Morgan fingerprint density at radius 2 is 2.16 bits per heavy atom. The largest absolute Gasteiger partial charge is 0.395 e. The molecule has 1 spiro atoms. The maximum absolute atomic E-state index is 13.6. The Labute approximate surface area is 112 Å². The van der Waals surface area contributed by atoms with Gasteiger partial charge in [0.25, 0.3) is 0 Å². The summed E-state index contributed by atoms with van der Waals surface area (Å²) >= 11 is 0. The number of hydrogen-bond donors (Lipinski definition) is 1. The van der Waals surface area contributed by atoms with Crippen LogP contribution in [-0.4, -0.2) is 29.1 Å². The normalized spacial score (nSPS) is 22.3. The molecule has 2 fully saturated rings. The van der Waals surface area contributed by atoms with Crippen molar-refractivity contribution in [2.75, 3.05) is 13.2 Å². The molecule has 3 rings (SSSR count). The predicted molar refractivity (Wildman–Crippen MR) is 68.7 cm³/mol. The quantitative estimate of drug-likeness (QED) is 0.882. The highest BCUT2D eigenvalue weighted by Gasteiger charge is 2.66. The number of hydrogen-bond acceptors (Lipinski definition) is 2. The number of carbonyl (C=O) groups excluding carboxylic acids is 1. The summed E-state index contributed by atoms with van der Waals surface area (Å²) in [7, 11) is 0. The lowest BCUT2D eigenvalue weighted by Crippen LogP contribution is -2.35. The smallest absolute Gasteiger partial charge is 0.226 e. The summed E-state index contributed by atoms with van der Waals surface area (Å²) in [5, 5.41) is 9.09. The molecule has 1 aromatic carbocycles. The molecule has 2 aliphatic rings. The number of halogens is 1. The summed E-state index contributed by atoms with van der Waals surface area (Å²) in [5.41, 5.74) is 0.801. The van der Waals surface area contributed by atoms with Crippen LogP contribution in [-0.2, 0) is 11.3 Å². The van der Waals surface area contributed by atoms with Crippen LogP contribution in [0.5, 0.6) is 0 Å². The first-order valence-electron chi connectivity index (χ1n) is 6.79. The summed E-state index contributed by atoms with van der Waals surface area (Å²) in [6, 6.07) is 6.49. The second-order valence-corrected chi connectivity index (χ2v) is 5.69. The van der Waals surface area contributed by atoms with E-state index in [9.17, 15) is 9.18 Å². The topological polar surface area (TPSA) is 40.5 Å². The van der Waals surface area contributed by atoms with Gasteiger partial charge in [-0.25, -0.2) is 4.39 Å². The fraction of sp³-hybridized carbons (Fsp3) is 0.533. The number of amides is 1. The van der Waals surface area contributed by atoms with E-state index in [0.717, 1.165) is 19.3 Å². The Morgan fingerprint density at radius 3 is 2.74 bits per heavy atom. The molecule has 1 aromatic rings. The Bertz CT molecular complexity index is 499. The molecule has 1 N–H and O–H groups in total. The van der Waals surface area contributed by atoms with Crippen molar-refractivity contribution in [3.8, 4) is 0 Å². The number of benzene rings is 1. The summed E-state index contributed by atoms with van der Waals surface area (Å²) < 4.78 is 13.6. The van der Waals surface area contributed by atoms with Gasteiger partial charge in [0.05, 0.1) is 6.61 Å². The Balaban J connectivity index is 1.70. The van der Waals surface area contributed by atoms with E-state index in [1.807, 2.05) is 0 Å². The van der Waals surface area contributed by atoms with E-state index < -0.39 is 0 Å². The maximum Gasteiger partial charge on any atom is 0.226 e. The monoisotopic (exact) mass is 263 g/mol. The minimum Gasteiger partial charge on any atom is -0.395 e. The molecule has 0 aromatic heterocycles. The van der Waals surface area contributed by atoms with E-state index in [2.05, 4.69) is 0 Å². The van der Waals surface area contributed by atoms with Crippen molar-refractivity contribution in [3.05, 3.63) is 35.6 Å². The van der Waals surface area contributed by atoms with Gasteiger partial charge in [0.15, 0.2) is 0 Å². The van der Waals surface area contributed by atoms with Crippen molar-refractivity contribution in [1.29, 1.82) is 0 Å². The second kappa shape index (κ2) is 4.60. The third-order valence-corrected chi connectivity index (χ3v) is 4.38. The Hall–Kier alpha value is -1.42. The summed E-state index contributed by atoms with van der Waals surface area (Å²) in [5.74, 6) is -0.101. The number of aliphatic hydroxyl groups is 1. The number of carbonyl (C=O) groups is 1. The molecule has 0 saturated heterocycles. The van der Waals surface area contributed by atoms with Gasteiger partial charge in [0, 0.05) is 24.6 Å². The van der Waals surface area contributed by atoms with Gasteiger partial charge in [-0.05, 0) is 30.7 Å². The van der Waals surface area contributed by atoms with Crippen molar-refractivity contribution in [2.24, 2.45) is 11.3 Å². The van der Waals surface area contributed by atoms with Crippen molar-refractivity contribution in [3.63, 3.8) is 0 Å². The minimum absolute atomic E-state index is 0.0785. The fourth-order valence-corrected chi connectivity index (χ4v) is 2.85. The van der Waals surface area contributed by atoms with E-state index >= 15 is 0 Å². The van der Waals surface area contributed by atoms with Crippen molar-refractivity contribution < 1.29 is 14.3 Å². The molecule has 0 radical (unpaired) electrons. The molecular formula is C15H18FNO2. The lowest BCUT2D eigenvalue weighted by atomic mass is 10.1. The van der Waals surface area contributed by atoms with Crippen LogP contribution in [0.1, 0.15) is 24.8 Å². The minimum atomic E-state index is -0.296. The van der Waals surface area contributed by atoms with E-state index in [0.29, 0.717) is 11.0 Å². The average molecular weight is 263 g/mol. The first-order valence-corrected chi connectivity index (χ1v) is 6.79. The van der Waals surface area contributed by atoms with E-state index in [4.69, 9.17) is 5.11 Å². The van der Waals surface area contributed by atoms with Crippen LogP contribution in [0.2, 0.25) is 0 Å². The average Bonchev–Trinajstić information content (AvgIpc) is 3.31. The lowest BCUT2D eigenvalue weighted by molar-refractivity contribution is -0.134. The van der Waals surface area contributed by atoms with Crippen molar-refractivity contribution in [1.82, 2.24) is 4.90 Å². The molecule has 1 atom stereocenters. The Kier molecular flexibility index (Phi) is 3.05. The molecule has 0 bridgehead atoms. The molecule has 0 aliphatic heterocycles. The highest BCUT2D eigenvalue weighted by atomic mass is 19.1. The highest BCUT2D eigenvalue weighted by molar-refractivity contribution is 5.83. The van der Waals surface area contributed by atoms with Gasteiger partial charge in [0.1, 0.15) is 5.82 Å². The zero-order valence-electron chi connectivity index (χ0n) is 10.8. The van der Waals surface area contributed by atoms with E-state index in [1.54, 1.807) is 23.1 Å². The Morgan fingerprint density at radius 1 is 1.42 bits per heavy atom. The van der Waals surface area contributed by atoms with Gasteiger partial charge in [-0.3, -0.25) is 4.79 Å². The molecule has 3 nitrogen and oxygen atoms in total. The second-order valence-electron chi connectivity index (χ2n) is 5.69. The first-order chi connectivity index (χ1) is 9.16. The summed E-state index contributed by atoms with van der Waals surface area (Å²) in [4.78, 5) is 14.0. The lowest BCUT2D eigenvalue weighted by Gasteiger charge is -2.22. The van der Waals surface area contributed by atoms with Crippen molar-refractivity contribution >= 4 is 5.91 Å². The van der Waals surface area contributed by atoms with Crippen LogP contribution >= 0.6 is 0 Å². The van der Waals surface area contributed by atoms with Gasteiger partial charge in [-0.1, -0.05) is 18.2 Å². The molecule has 0 unspecified atom stereocenters. The summed E-state index contributed by atoms with van der Waals surface area (Å²) in [6.45, 7) is 0.443. The number of aliphatic hydroxyl groups excluding tert-OH is 1. The molecule has 19 heavy (non-hydrogen) atoms.